The molecule has 0 aliphatic carbocycles. The summed E-state index contributed by atoms with van der Waals surface area (Å²) in [6, 6.07) is 25.3. The number of benzene rings is 4. The van der Waals surface area contributed by atoms with Crippen LogP contribution in [0.1, 0.15) is 26.3 Å². The first-order valence-corrected chi connectivity index (χ1v) is 11.2. The molecule has 0 amide bonds. The molecule has 4 aromatic carbocycles. The van der Waals surface area contributed by atoms with Crippen molar-refractivity contribution in [2.45, 2.75) is 6.92 Å². The van der Waals surface area contributed by atoms with E-state index < -0.39 is 11.9 Å². The fourth-order valence-electron chi connectivity index (χ4n) is 3.69. The summed E-state index contributed by atoms with van der Waals surface area (Å²) in [5, 5.41) is 31.6. The van der Waals surface area contributed by atoms with Crippen molar-refractivity contribution in [2.24, 2.45) is 0 Å². The van der Waals surface area contributed by atoms with Gasteiger partial charge in [0, 0.05) is 41.2 Å². The van der Waals surface area contributed by atoms with E-state index in [-0.39, 0.29) is 11.1 Å². The van der Waals surface area contributed by atoms with Gasteiger partial charge in [-0.15, -0.1) is 0 Å². The largest absolute Gasteiger partial charge is 0.478 e. The Morgan fingerprint density at radius 2 is 0.944 bits per heavy atom. The summed E-state index contributed by atoms with van der Waals surface area (Å²) in [6.07, 6.45) is 0. The SMILES string of the molecule is CNc1ccc(Nc2ccc(Nc3ccc(Nc4ccc(C)cc4)cc3C(=O)O)cc2)cc1C(=O)O. The number of rotatable bonds is 9. The Morgan fingerprint density at radius 1 is 0.556 bits per heavy atom. The predicted octanol–water partition coefficient (Wildman–Crippen LogP) is 6.66. The highest BCUT2D eigenvalue weighted by Crippen LogP contribution is 2.28. The van der Waals surface area contributed by atoms with Crippen LogP contribution in [0.15, 0.2) is 84.9 Å². The monoisotopic (exact) mass is 482 g/mol. The Labute approximate surface area is 208 Å². The van der Waals surface area contributed by atoms with Gasteiger partial charge in [-0.1, -0.05) is 17.7 Å². The molecular weight excluding hydrogens is 456 g/mol. The van der Waals surface area contributed by atoms with E-state index in [9.17, 15) is 19.8 Å². The molecule has 0 unspecified atom stereocenters. The normalized spacial score (nSPS) is 10.4. The second-order valence-electron chi connectivity index (χ2n) is 8.20. The Morgan fingerprint density at radius 3 is 1.42 bits per heavy atom. The molecule has 0 aliphatic heterocycles. The highest BCUT2D eigenvalue weighted by atomic mass is 16.4. The van der Waals surface area contributed by atoms with Crippen molar-refractivity contribution >= 4 is 51.8 Å². The van der Waals surface area contributed by atoms with Crippen LogP contribution in [0.4, 0.5) is 39.8 Å². The standard InChI is InChI=1S/C28H26N4O4/c1-17-3-5-18(6-4-17)30-22-12-14-26(24(16-22)28(35)36)32-20-9-7-19(8-10-20)31-21-11-13-25(29-2)23(15-21)27(33)34/h3-16,29-32H,1-2H3,(H,33,34)(H,35,36). The molecule has 4 aromatic rings. The maximum atomic E-state index is 11.9. The van der Waals surface area contributed by atoms with Gasteiger partial charge in [-0.3, -0.25) is 0 Å². The van der Waals surface area contributed by atoms with Crippen LogP contribution in [0, 0.1) is 6.92 Å². The lowest BCUT2D eigenvalue weighted by Gasteiger charge is -2.14. The van der Waals surface area contributed by atoms with Crippen molar-refractivity contribution in [3.8, 4) is 0 Å². The molecular formula is C28H26N4O4. The van der Waals surface area contributed by atoms with E-state index >= 15 is 0 Å². The predicted molar refractivity (Wildman–Crippen MR) is 144 cm³/mol. The average Bonchev–Trinajstić information content (AvgIpc) is 2.87. The summed E-state index contributed by atoms with van der Waals surface area (Å²) in [4.78, 5) is 23.4. The molecule has 0 radical (unpaired) electrons. The molecule has 0 aromatic heterocycles. The first-order chi connectivity index (χ1) is 17.3. The molecule has 0 saturated carbocycles. The Kier molecular flexibility index (Phi) is 7.06. The molecule has 0 heterocycles. The lowest BCUT2D eigenvalue weighted by atomic mass is 10.1. The molecule has 8 nitrogen and oxygen atoms in total. The maximum Gasteiger partial charge on any atom is 0.337 e. The van der Waals surface area contributed by atoms with Gasteiger partial charge in [0.1, 0.15) is 0 Å². The molecule has 0 spiro atoms. The van der Waals surface area contributed by atoms with Gasteiger partial charge in [0.2, 0.25) is 0 Å². The number of nitrogens with one attached hydrogen (secondary N) is 4. The highest BCUT2D eigenvalue weighted by Gasteiger charge is 2.13. The van der Waals surface area contributed by atoms with E-state index in [0.29, 0.717) is 28.4 Å². The van der Waals surface area contributed by atoms with Gasteiger partial charge in [0.15, 0.2) is 0 Å². The molecule has 36 heavy (non-hydrogen) atoms. The zero-order valence-electron chi connectivity index (χ0n) is 19.8. The smallest absolute Gasteiger partial charge is 0.337 e. The number of hydrogen-bond donors (Lipinski definition) is 6. The average molecular weight is 483 g/mol. The van der Waals surface area contributed by atoms with Gasteiger partial charge in [-0.2, -0.15) is 0 Å². The summed E-state index contributed by atoms with van der Waals surface area (Å²) < 4.78 is 0. The minimum atomic E-state index is -1.04. The van der Waals surface area contributed by atoms with Gasteiger partial charge in [0.25, 0.3) is 0 Å². The minimum absolute atomic E-state index is 0.139. The van der Waals surface area contributed by atoms with E-state index in [1.54, 1.807) is 37.4 Å². The lowest BCUT2D eigenvalue weighted by molar-refractivity contribution is 0.0687. The molecule has 0 saturated heterocycles. The molecule has 0 aliphatic rings. The molecule has 8 heteroatoms. The van der Waals surface area contributed by atoms with E-state index in [4.69, 9.17) is 0 Å². The molecule has 0 fully saturated rings. The zero-order valence-corrected chi connectivity index (χ0v) is 19.8. The summed E-state index contributed by atoms with van der Waals surface area (Å²) in [7, 11) is 1.67. The Bertz CT molecular complexity index is 1400. The van der Waals surface area contributed by atoms with Crippen molar-refractivity contribution in [1.82, 2.24) is 0 Å². The van der Waals surface area contributed by atoms with Crippen LogP contribution >= 0.6 is 0 Å². The number of hydrogen-bond acceptors (Lipinski definition) is 6. The number of anilines is 7. The van der Waals surface area contributed by atoms with Crippen LogP contribution < -0.4 is 21.3 Å². The summed E-state index contributed by atoms with van der Waals surface area (Å²) >= 11 is 0. The fourth-order valence-corrected chi connectivity index (χ4v) is 3.69. The van der Waals surface area contributed by atoms with Crippen LogP contribution in [-0.4, -0.2) is 29.2 Å². The van der Waals surface area contributed by atoms with Gasteiger partial charge in [-0.05, 0) is 79.7 Å². The van der Waals surface area contributed by atoms with Gasteiger partial charge < -0.3 is 31.5 Å². The molecule has 182 valence electrons. The van der Waals surface area contributed by atoms with Crippen molar-refractivity contribution in [3.05, 3.63) is 102 Å². The summed E-state index contributed by atoms with van der Waals surface area (Å²) in [5.41, 5.74) is 6.09. The number of carbonyl (C=O) groups is 2. The van der Waals surface area contributed by atoms with Gasteiger partial charge >= 0.3 is 11.9 Å². The summed E-state index contributed by atoms with van der Waals surface area (Å²) in [6.45, 7) is 2.01. The summed E-state index contributed by atoms with van der Waals surface area (Å²) in [5.74, 6) is -2.06. The zero-order chi connectivity index (χ0) is 25.7. The number of aryl methyl sites for hydroxylation is 1. The van der Waals surface area contributed by atoms with Crippen LogP contribution in [0.3, 0.4) is 0 Å². The van der Waals surface area contributed by atoms with Crippen molar-refractivity contribution in [3.63, 3.8) is 0 Å². The third-order valence-corrected chi connectivity index (χ3v) is 5.56. The van der Waals surface area contributed by atoms with Crippen molar-refractivity contribution in [2.75, 3.05) is 28.3 Å². The van der Waals surface area contributed by atoms with E-state index in [0.717, 1.165) is 16.9 Å². The van der Waals surface area contributed by atoms with Crippen molar-refractivity contribution in [1.29, 1.82) is 0 Å². The van der Waals surface area contributed by atoms with Crippen LogP contribution in [-0.2, 0) is 0 Å². The minimum Gasteiger partial charge on any atom is -0.478 e. The number of carboxylic acids is 2. The Balaban J connectivity index is 1.48. The van der Waals surface area contributed by atoms with E-state index in [1.807, 2.05) is 61.5 Å². The van der Waals surface area contributed by atoms with Crippen LogP contribution in [0.25, 0.3) is 0 Å². The first kappa shape index (κ1) is 24.2. The third kappa shape index (κ3) is 5.74. The molecule has 0 bridgehead atoms. The van der Waals surface area contributed by atoms with Gasteiger partial charge in [-0.25, -0.2) is 9.59 Å². The highest BCUT2D eigenvalue weighted by molar-refractivity contribution is 5.97. The van der Waals surface area contributed by atoms with Crippen LogP contribution in [0.5, 0.6) is 0 Å². The second kappa shape index (κ2) is 10.5. The number of carboxylic acid groups (broad SMARTS) is 2. The third-order valence-electron chi connectivity index (χ3n) is 5.56. The maximum absolute atomic E-state index is 11.9. The Hall–Kier alpha value is -4.98. The molecule has 6 N–H and O–H groups in total. The van der Waals surface area contributed by atoms with Crippen LogP contribution in [0.2, 0.25) is 0 Å². The van der Waals surface area contributed by atoms with Crippen molar-refractivity contribution < 1.29 is 19.8 Å². The molecule has 0 atom stereocenters. The first-order valence-electron chi connectivity index (χ1n) is 11.2. The van der Waals surface area contributed by atoms with Gasteiger partial charge in [0.05, 0.1) is 16.8 Å². The topological polar surface area (TPSA) is 123 Å². The number of aromatic carboxylic acids is 2. The fraction of sp³-hybridized carbons (Fsp3) is 0.0714. The lowest BCUT2D eigenvalue weighted by Crippen LogP contribution is -2.04. The quantitative estimate of drug-likeness (QED) is 0.156. The van der Waals surface area contributed by atoms with E-state index in [2.05, 4.69) is 21.3 Å². The van der Waals surface area contributed by atoms with E-state index in [1.165, 1.54) is 0 Å². The molecule has 4 rings (SSSR count). The second-order valence-corrected chi connectivity index (χ2v) is 8.20.